The number of amidine groups is 1. The van der Waals surface area contributed by atoms with E-state index in [2.05, 4.69) is 27.8 Å². The van der Waals surface area contributed by atoms with Crippen LogP contribution < -0.4 is 0 Å². The van der Waals surface area contributed by atoms with Gasteiger partial charge >= 0.3 is 5.84 Å². The molecule has 0 amide bonds. The van der Waals surface area contributed by atoms with Crippen molar-refractivity contribution >= 4 is 21.8 Å². The molecule has 0 fully saturated rings. The third kappa shape index (κ3) is 5.74. The molecule has 0 saturated carbocycles. The Morgan fingerprint density at radius 3 is 2.62 bits per heavy atom. The van der Waals surface area contributed by atoms with E-state index >= 15 is 0 Å². The molecule has 5 heteroatoms. The number of aliphatic imine (C=N–C) groups is 1. The van der Waals surface area contributed by atoms with Gasteiger partial charge in [0.05, 0.1) is 0 Å². The highest BCUT2D eigenvalue weighted by molar-refractivity contribution is 9.10. The molecular formula is C8H15BrN2O2. The Morgan fingerprint density at radius 1 is 1.69 bits per heavy atom. The summed E-state index contributed by atoms with van der Waals surface area (Å²) in [5.41, 5.74) is 0. The molecule has 13 heavy (non-hydrogen) atoms. The fraction of sp³-hybridized carbons (Fsp3) is 0.875. The number of halogens is 1. The van der Waals surface area contributed by atoms with Crippen molar-refractivity contribution < 1.29 is 4.92 Å². The molecule has 0 saturated heterocycles. The van der Waals surface area contributed by atoms with Gasteiger partial charge in [-0.05, 0) is 34.2 Å². The molecule has 0 aliphatic rings. The molecule has 0 radical (unpaired) electrons. The van der Waals surface area contributed by atoms with Gasteiger partial charge in [-0.1, -0.05) is 18.3 Å². The average molecular weight is 251 g/mol. The summed E-state index contributed by atoms with van der Waals surface area (Å²) in [7, 11) is 0. The lowest BCUT2D eigenvalue weighted by atomic mass is 10.1. The van der Waals surface area contributed by atoms with E-state index in [-0.39, 0.29) is 5.84 Å². The number of hydrogen-bond donors (Lipinski definition) is 0. The molecule has 0 aromatic carbocycles. The minimum Gasteiger partial charge on any atom is -0.358 e. The molecule has 0 bridgehead atoms. The van der Waals surface area contributed by atoms with Crippen LogP contribution in [0.2, 0.25) is 0 Å². The van der Waals surface area contributed by atoms with Gasteiger partial charge in [-0.3, -0.25) is 0 Å². The fourth-order valence-corrected chi connectivity index (χ4v) is 1.47. The van der Waals surface area contributed by atoms with E-state index in [1.54, 1.807) is 0 Å². The minimum absolute atomic E-state index is 0.0459. The first-order valence-electron chi connectivity index (χ1n) is 4.29. The maximum atomic E-state index is 10.3. The Kier molecular flexibility index (Phi) is 5.13. The Morgan fingerprint density at radius 2 is 2.23 bits per heavy atom. The summed E-state index contributed by atoms with van der Waals surface area (Å²) in [6.07, 6.45) is 2.89. The second-order valence-corrected chi connectivity index (χ2v) is 4.87. The average Bonchev–Trinajstić information content (AvgIpc) is 2.00. The van der Waals surface area contributed by atoms with Crippen molar-refractivity contribution in [1.29, 1.82) is 0 Å². The molecule has 0 aliphatic carbocycles. The van der Waals surface area contributed by atoms with Gasteiger partial charge in [0, 0.05) is 13.3 Å². The molecular weight excluding hydrogens is 236 g/mol. The highest BCUT2D eigenvalue weighted by atomic mass is 79.9. The van der Waals surface area contributed by atoms with Crippen LogP contribution in [0, 0.1) is 10.1 Å². The lowest BCUT2D eigenvalue weighted by molar-refractivity contribution is -0.351. The van der Waals surface area contributed by atoms with Gasteiger partial charge in [0.15, 0.2) is 0 Å². The molecule has 4 nitrogen and oxygen atoms in total. The van der Waals surface area contributed by atoms with Crippen molar-refractivity contribution in [3.05, 3.63) is 10.1 Å². The molecule has 0 N–H and O–H groups in total. The Bertz CT molecular complexity index is 214. The number of unbranched alkanes of at least 4 members (excludes halogenated alkanes) is 1. The largest absolute Gasteiger partial charge is 0.358 e. The van der Waals surface area contributed by atoms with Gasteiger partial charge in [0.2, 0.25) is 4.45 Å². The summed E-state index contributed by atoms with van der Waals surface area (Å²) in [5, 5.41) is 10.3. The topological polar surface area (TPSA) is 55.5 Å². The predicted octanol–water partition coefficient (Wildman–Crippen LogP) is 2.98. The van der Waals surface area contributed by atoms with Crippen LogP contribution in [0.4, 0.5) is 0 Å². The maximum Gasteiger partial charge on any atom is 0.331 e. The summed E-state index contributed by atoms with van der Waals surface area (Å²) in [4.78, 5) is 13.8. The lowest BCUT2D eigenvalue weighted by Gasteiger charge is -2.10. The summed E-state index contributed by atoms with van der Waals surface area (Å²) >= 11 is 3.36. The molecule has 76 valence electrons. The zero-order valence-corrected chi connectivity index (χ0v) is 9.80. The van der Waals surface area contributed by atoms with E-state index in [0.717, 1.165) is 19.3 Å². The molecule has 0 aromatic rings. The van der Waals surface area contributed by atoms with Crippen LogP contribution in [0.15, 0.2) is 4.99 Å². The number of nitrogens with zero attached hydrogens (tertiary/aromatic N) is 2. The summed E-state index contributed by atoms with van der Waals surface area (Å²) < 4.78 is -0.486. The number of alkyl halides is 1. The fourth-order valence-electron chi connectivity index (χ4n) is 0.934. The molecule has 0 rings (SSSR count). The monoisotopic (exact) mass is 250 g/mol. The first-order chi connectivity index (χ1) is 5.89. The molecule has 0 aliphatic heterocycles. The molecule has 1 unspecified atom stereocenters. The van der Waals surface area contributed by atoms with Crippen LogP contribution in [-0.2, 0) is 0 Å². The number of rotatable bonds is 4. The van der Waals surface area contributed by atoms with E-state index in [1.165, 1.54) is 6.92 Å². The maximum absolute atomic E-state index is 10.3. The van der Waals surface area contributed by atoms with E-state index in [1.807, 2.05) is 6.92 Å². The van der Waals surface area contributed by atoms with Gasteiger partial charge in [-0.2, -0.15) is 0 Å². The van der Waals surface area contributed by atoms with E-state index in [9.17, 15) is 10.1 Å². The number of hydrogen-bond acceptors (Lipinski definition) is 3. The van der Waals surface area contributed by atoms with Crippen LogP contribution in [0.25, 0.3) is 0 Å². The van der Waals surface area contributed by atoms with E-state index in [4.69, 9.17) is 0 Å². The highest BCUT2D eigenvalue weighted by Gasteiger charge is 2.26. The summed E-state index contributed by atoms with van der Waals surface area (Å²) in [6, 6.07) is 0. The zero-order chi connectivity index (χ0) is 10.5. The van der Waals surface area contributed by atoms with Crippen molar-refractivity contribution in [2.75, 3.05) is 0 Å². The van der Waals surface area contributed by atoms with Crippen LogP contribution in [0.3, 0.4) is 0 Å². The van der Waals surface area contributed by atoms with Gasteiger partial charge in [0.1, 0.15) is 0 Å². The summed E-state index contributed by atoms with van der Waals surface area (Å²) in [5.74, 6) is -0.0459. The first kappa shape index (κ1) is 12.6. The van der Waals surface area contributed by atoms with Crippen LogP contribution in [-0.4, -0.2) is 15.2 Å². The normalized spacial score (nSPS) is 16.8. The first-order valence-corrected chi connectivity index (χ1v) is 5.08. The summed E-state index contributed by atoms with van der Waals surface area (Å²) in [6.45, 7) is 5.33. The van der Waals surface area contributed by atoms with Crippen LogP contribution >= 0.6 is 15.9 Å². The zero-order valence-electron chi connectivity index (χ0n) is 8.21. The smallest absolute Gasteiger partial charge is 0.331 e. The van der Waals surface area contributed by atoms with Crippen molar-refractivity contribution in [2.45, 2.75) is 44.5 Å². The molecule has 1 atom stereocenters. The van der Waals surface area contributed by atoms with Crippen molar-refractivity contribution in [3.63, 3.8) is 0 Å². The molecule has 0 heterocycles. The third-order valence-electron chi connectivity index (χ3n) is 1.65. The minimum atomic E-state index is -0.486. The third-order valence-corrected chi connectivity index (χ3v) is 2.22. The van der Waals surface area contributed by atoms with Crippen LogP contribution in [0.1, 0.15) is 40.0 Å². The van der Waals surface area contributed by atoms with Crippen molar-refractivity contribution in [1.82, 2.24) is 0 Å². The number of nitro groups is 1. The highest BCUT2D eigenvalue weighted by Crippen LogP contribution is 2.26. The van der Waals surface area contributed by atoms with Gasteiger partial charge in [-0.25, -0.2) is 0 Å². The van der Waals surface area contributed by atoms with Gasteiger partial charge in [-0.15, -0.1) is 0 Å². The van der Waals surface area contributed by atoms with E-state index in [0.29, 0.717) is 0 Å². The SMILES string of the molecule is CCCCC(C)(Br)/N=C(\C)[N+](=O)[O-]. The Hall–Kier alpha value is -0.450. The lowest BCUT2D eigenvalue weighted by Crippen LogP contribution is -2.18. The second-order valence-electron chi connectivity index (χ2n) is 3.16. The Labute approximate surface area is 86.7 Å². The van der Waals surface area contributed by atoms with Crippen LogP contribution in [0.5, 0.6) is 0 Å². The standard InChI is InChI=1S/C8H15BrN2O2/c1-4-5-6-8(3,9)10-7(2)11(12)13/h4-6H2,1-3H3/b10-7+. The molecule has 0 spiro atoms. The second kappa shape index (κ2) is 5.32. The molecule has 0 aromatic heterocycles. The predicted molar refractivity (Wildman–Crippen MR) is 57.0 cm³/mol. The van der Waals surface area contributed by atoms with Crippen molar-refractivity contribution in [2.24, 2.45) is 4.99 Å². The quantitative estimate of drug-likeness (QED) is 0.192. The van der Waals surface area contributed by atoms with Gasteiger partial charge in [0.25, 0.3) is 0 Å². The van der Waals surface area contributed by atoms with Gasteiger partial charge < -0.3 is 10.1 Å². The van der Waals surface area contributed by atoms with E-state index < -0.39 is 9.37 Å². The Balaban J connectivity index is 4.29. The van der Waals surface area contributed by atoms with Crippen molar-refractivity contribution in [3.8, 4) is 0 Å².